The van der Waals surface area contributed by atoms with Crippen LogP contribution in [0.15, 0.2) is 9.52 Å². The van der Waals surface area contributed by atoms with Gasteiger partial charge in [0.05, 0.1) is 5.69 Å². The maximum atomic E-state index is 5.43. The van der Waals surface area contributed by atoms with Crippen LogP contribution in [0.4, 0.5) is 0 Å². The van der Waals surface area contributed by atoms with E-state index in [4.69, 9.17) is 4.52 Å². The third kappa shape index (κ3) is 6.01. The molecular formula is C20H37N5O. The second-order valence-corrected chi connectivity index (χ2v) is 7.22. The Labute approximate surface area is 158 Å². The molecule has 0 saturated heterocycles. The molecule has 1 aromatic rings. The summed E-state index contributed by atoms with van der Waals surface area (Å²) >= 11 is 0. The minimum atomic E-state index is 0.706. The summed E-state index contributed by atoms with van der Waals surface area (Å²) in [7, 11) is 4.09. The quantitative estimate of drug-likeness (QED) is 0.401. The zero-order chi connectivity index (χ0) is 18.8. The number of guanidine groups is 1. The number of aromatic nitrogens is 1. The van der Waals surface area contributed by atoms with Gasteiger partial charge in [-0.05, 0) is 39.3 Å². The van der Waals surface area contributed by atoms with Crippen molar-refractivity contribution in [2.24, 2.45) is 4.99 Å². The molecule has 2 rings (SSSR count). The van der Waals surface area contributed by atoms with Crippen molar-refractivity contribution < 1.29 is 4.52 Å². The first-order valence-electron chi connectivity index (χ1n) is 10.3. The van der Waals surface area contributed by atoms with Gasteiger partial charge in [-0.1, -0.05) is 38.3 Å². The molecule has 0 spiro atoms. The third-order valence-electron chi connectivity index (χ3n) is 5.44. The predicted molar refractivity (Wildman–Crippen MR) is 108 cm³/mol. The van der Waals surface area contributed by atoms with Gasteiger partial charge in [0.25, 0.3) is 0 Å². The molecule has 1 aliphatic rings. The predicted octanol–water partition coefficient (Wildman–Crippen LogP) is 3.12. The highest BCUT2D eigenvalue weighted by Gasteiger charge is 2.17. The lowest BCUT2D eigenvalue weighted by atomic mass is 9.94. The molecule has 2 N–H and O–H groups in total. The summed E-state index contributed by atoms with van der Waals surface area (Å²) < 4.78 is 5.43. The first kappa shape index (κ1) is 20.7. The van der Waals surface area contributed by atoms with E-state index < -0.39 is 0 Å². The Morgan fingerprint density at radius 2 is 1.96 bits per heavy atom. The fraction of sp³-hybridized carbons (Fsp3) is 0.800. The molecule has 0 aromatic carbocycles. The monoisotopic (exact) mass is 363 g/mol. The van der Waals surface area contributed by atoms with Crippen LogP contribution in [0.5, 0.6) is 0 Å². The molecule has 0 atom stereocenters. The number of rotatable bonds is 9. The SMILES string of the molecule is CCc1noc(CC)c1CNC(=NC)NCCCN(C)C1CCCCC1. The first-order valence-corrected chi connectivity index (χ1v) is 10.3. The highest BCUT2D eigenvalue weighted by atomic mass is 16.5. The number of aryl methyl sites for hydroxylation is 2. The maximum absolute atomic E-state index is 5.43. The van der Waals surface area contributed by atoms with Gasteiger partial charge in [-0.25, -0.2) is 0 Å². The average molecular weight is 364 g/mol. The van der Waals surface area contributed by atoms with Crippen molar-refractivity contribution in [3.05, 3.63) is 17.0 Å². The molecule has 1 fully saturated rings. The van der Waals surface area contributed by atoms with Gasteiger partial charge in [-0.15, -0.1) is 0 Å². The summed E-state index contributed by atoms with van der Waals surface area (Å²) in [5, 5.41) is 11.0. The molecule has 148 valence electrons. The number of hydrogen-bond acceptors (Lipinski definition) is 4. The van der Waals surface area contributed by atoms with Crippen molar-refractivity contribution in [1.29, 1.82) is 0 Å². The molecule has 0 unspecified atom stereocenters. The Morgan fingerprint density at radius 3 is 2.62 bits per heavy atom. The second-order valence-electron chi connectivity index (χ2n) is 7.22. The van der Waals surface area contributed by atoms with Crippen LogP contribution >= 0.6 is 0 Å². The van der Waals surface area contributed by atoms with Gasteiger partial charge < -0.3 is 20.1 Å². The van der Waals surface area contributed by atoms with Crippen LogP contribution < -0.4 is 10.6 Å². The van der Waals surface area contributed by atoms with Crippen molar-refractivity contribution >= 4 is 5.96 Å². The molecule has 0 aliphatic heterocycles. The topological polar surface area (TPSA) is 65.7 Å². The highest BCUT2D eigenvalue weighted by molar-refractivity contribution is 5.79. The highest BCUT2D eigenvalue weighted by Crippen LogP contribution is 2.21. The molecule has 6 heteroatoms. The summed E-state index contributed by atoms with van der Waals surface area (Å²) in [4.78, 5) is 6.87. The molecule has 0 amide bonds. The molecule has 1 heterocycles. The summed E-state index contributed by atoms with van der Waals surface area (Å²) in [6.45, 7) is 6.98. The molecule has 0 radical (unpaired) electrons. The number of nitrogens with zero attached hydrogens (tertiary/aromatic N) is 3. The molecular weight excluding hydrogens is 326 g/mol. The molecule has 26 heavy (non-hydrogen) atoms. The first-order chi connectivity index (χ1) is 12.7. The van der Waals surface area contributed by atoms with E-state index >= 15 is 0 Å². The van der Waals surface area contributed by atoms with Crippen molar-refractivity contribution in [2.45, 2.75) is 77.8 Å². The van der Waals surface area contributed by atoms with E-state index in [0.29, 0.717) is 6.54 Å². The molecule has 1 aromatic heterocycles. The molecule has 1 aliphatic carbocycles. The van der Waals surface area contributed by atoms with E-state index in [1.807, 2.05) is 7.05 Å². The van der Waals surface area contributed by atoms with Gasteiger partial charge in [0.1, 0.15) is 5.76 Å². The van der Waals surface area contributed by atoms with E-state index in [-0.39, 0.29) is 0 Å². The fourth-order valence-electron chi connectivity index (χ4n) is 3.77. The average Bonchev–Trinajstić information content (AvgIpc) is 3.09. The summed E-state index contributed by atoms with van der Waals surface area (Å²) in [5.74, 6) is 1.81. The minimum absolute atomic E-state index is 0.706. The lowest BCUT2D eigenvalue weighted by Gasteiger charge is -2.31. The van der Waals surface area contributed by atoms with Crippen molar-refractivity contribution in [2.75, 3.05) is 27.2 Å². The summed E-state index contributed by atoms with van der Waals surface area (Å²) in [6, 6.07) is 0.787. The van der Waals surface area contributed by atoms with Crippen molar-refractivity contribution in [1.82, 2.24) is 20.7 Å². The third-order valence-corrected chi connectivity index (χ3v) is 5.44. The van der Waals surface area contributed by atoms with E-state index in [9.17, 15) is 0 Å². The lowest BCUT2D eigenvalue weighted by Crippen LogP contribution is -2.39. The Morgan fingerprint density at radius 1 is 1.19 bits per heavy atom. The minimum Gasteiger partial charge on any atom is -0.361 e. The van der Waals surface area contributed by atoms with Crippen LogP contribution in [-0.2, 0) is 19.4 Å². The number of nitrogens with one attached hydrogen (secondary N) is 2. The summed E-state index contributed by atoms with van der Waals surface area (Å²) in [5.41, 5.74) is 2.22. The van der Waals surface area contributed by atoms with E-state index in [2.05, 4.69) is 46.6 Å². The van der Waals surface area contributed by atoms with Gasteiger partial charge in [-0.3, -0.25) is 4.99 Å². The largest absolute Gasteiger partial charge is 0.361 e. The number of aliphatic imine (C=N–C) groups is 1. The van der Waals surface area contributed by atoms with Crippen molar-refractivity contribution in [3.8, 4) is 0 Å². The second kappa shape index (κ2) is 11.2. The molecule has 0 bridgehead atoms. The smallest absolute Gasteiger partial charge is 0.191 e. The van der Waals surface area contributed by atoms with E-state index in [1.165, 1.54) is 37.7 Å². The zero-order valence-corrected chi connectivity index (χ0v) is 17.1. The van der Waals surface area contributed by atoms with Crippen molar-refractivity contribution in [3.63, 3.8) is 0 Å². The zero-order valence-electron chi connectivity index (χ0n) is 17.1. The Balaban J connectivity index is 1.70. The van der Waals surface area contributed by atoms with Crippen LogP contribution in [0.25, 0.3) is 0 Å². The Hall–Kier alpha value is -1.56. The lowest BCUT2D eigenvalue weighted by molar-refractivity contribution is 0.190. The molecule has 6 nitrogen and oxygen atoms in total. The van der Waals surface area contributed by atoms with Gasteiger partial charge in [0.15, 0.2) is 5.96 Å². The Kier molecular flexibility index (Phi) is 8.95. The van der Waals surface area contributed by atoms with Gasteiger partial charge >= 0.3 is 0 Å². The van der Waals surface area contributed by atoms with Gasteiger partial charge in [-0.2, -0.15) is 0 Å². The van der Waals surface area contributed by atoms with Crippen LogP contribution in [0.2, 0.25) is 0 Å². The fourth-order valence-corrected chi connectivity index (χ4v) is 3.77. The molecule has 1 saturated carbocycles. The standard InChI is InChI=1S/C20H37N5O/c1-5-18-17(19(6-2)26-24-18)15-23-20(21-3)22-13-10-14-25(4)16-11-8-7-9-12-16/h16H,5-15H2,1-4H3,(H2,21,22,23). The van der Waals surface area contributed by atoms with Crippen LogP contribution in [-0.4, -0.2) is 49.2 Å². The van der Waals surface area contributed by atoms with Crippen LogP contribution in [0, 0.1) is 0 Å². The summed E-state index contributed by atoms with van der Waals surface area (Å²) in [6.07, 6.45) is 9.82. The normalized spacial score (nSPS) is 16.3. The maximum Gasteiger partial charge on any atom is 0.191 e. The number of hydrogen-bond donors (Lipinski definition) is 2. The van der Waals surface area contributed by atoms with Crippen LogP contribution in [0.1, 0.15) is 69.4 Å². The Bertz CT molecular complexity index is 527. The van der Waals surface area contributed by atoms with E-state index in [0.717, 1.165) is 55.8 Å². The van der Waals surface area contributed by atoms with Gasteiger partial charge in [0, 0.05) is 38.2 Å². The van der Waals surface area contributed by atoms with Gasteiger partial charge in [0.2, 0.25) is 0 Å². The van der Waals surface area contributed by atoms with E-state index in [1.54, 1.807) is 0 Å². The van der Waals surface area contributed by atoms with Crippen LogP contribution in [0.3, 0.4) is 0 Å².